The van der Waals surface area contributed by atoms with E-state index < -0.39 is 5.69 Å². The molecular formula is C22H25FN6O. The molecule has 2 heterocycles. The van der Waals surface area contributed by atoms with Crippen LogP contribution in [0.1, 0.15) is 18.4 Å². The first-order valence-electron chi connectivity index (χ1n) is 10.2. The maximum atomic E-state index is 13.1. The zero-order valence-electron chi connectivity index (χ0n) is 16.6. The van der Waals surface area contributed by atoms with Gasteiger partial charge in [0.05, 0.1) is 0 Å². The maximum Gasteiger partial charge on any atom is 0.351 e. The number of piperidine rings is 1. The Morgan fingerprint density at radius 2 is 1.77 bits per heavy atom. The number of hydrogen-bond acceptors (Lipinski definition) is 6. The second-order valence-corrected chi connectivity index (χ2v) is 7.45. The van der Waals surface area contributed by atoms with Gasteiger partial charge < -0.3 is 15.5 Å². The van der Waals surface area contributed by atoms with Crippen LogP contribution in [-0.4, -0.2) is 45.5 Å². The number of anilines is 3. The molecule has 0 amide bonds. The molecule has 1 aromatic heterocycles. The van der Waals surface area contributed by atoms with Crippen molar-refractivity contribution >= 4 is 17.6 Å². The minimum atomic E-state index is -0.489. The Balaban J connectivity index is 1.30. The topological polar surface area (TPSA) is 85.9 Å². The number of halogens is 1. The van der Waals surface area contributed by atoms with Gasteiger partial charge in [-0.15, -0.1) is 0 Å². The minimum absolute atomic E-state index is 0.221. The summed E-state index contributed by atoms with van der Waals surface area (Å²) in [5, 5.41) is 6.25. The van der Waals surface area contributed by atoms with Gasteiger partial charge in [-0.25, -0.2) is 9.18 Å². The molecule has 7 nitrogen and oxygen atoms in total. The second kappa shape index (κ2) is 9.49. The smallest absolute Gasteiger partial charge is 0.351 e. The van der Waals surface area contributed by atoms with Gasteiger partial charge in [-0.05, 0) is 49.1 Å². The van der Waals surface area contributed by atoms with E-state index in [0.717, 1.165) is 38.9 Å². The van der Waals surface area contributed by atoms with Crippen LogP contribution in [0, 0.1) is 5.82 Å². The summed E-state index contributed by atoms with van der Waals surface area (Å²) >= 11 is 0. The van der Waals surface area contributed by atoms with Crippen LogP contribution in [0.15, 0.2) is 59.4 Å². The van der Waals surface area contributed by atoms with Gasteiger partial charge in [0.25, 0.3) is 0 Å². The number of aromatic amines is 1. The SMILES string of the molecule is O=c1nc(NC2CCN(CCc3ccccc3)CC2)nc(Nc2ccc(F)cc2)[nH]1. The molecule has 0 unspecified atom stereocenters. The van der Waals surface area contributed by atoms with Gasteiger partial charge in [-0.2, -0.15) is 9.97 Å². The summed E-state index contributed by atoms with van der Waals surface area (Å²) in [6.07, 6.45) is 2.98. The molecule has 0 spiro atoms. The number of benzene rings is 2. The average Bonchev–Trinajstić information content (AvgIpc) is 2.75. The Bertz CT molecular complexity index is 1000. The van der Waals surface area contributed by atoms with Crippen molar-refractivity contribution < 1.29 is 4.39 Å². The highest BCUT2D eigenvalue weighted by Crippen LogP contribution is 2.16. The summed E-state index contributed by atoms with van der Waals surface area (Å²) in [7, 11) is 0. The largest absolute Gasteiger partial charge is 0.351 e. The molecule has 156 valence electrons. The molecule has 0 aliphatic carbocycles. The van der Waals surface area contributed by atoms with Crippen molar-refractivity contribution in [2.24, 2.45) is 0 Å². The Morgan fingerprint density at radius 1 is 1.03 bits per heavy atom. The van der Waals surface area contributed by atoms with Crippen molar-refractivity contribution in [3.8, 4) is 0 Å². The number of nitrogens with zero attached hydrogens (tertiary/aromatic N) is 3. The Labute approximate surface area is 174 Å². The van der Waals surface area contributed by atoms with Crippen LogP contribution >= 0.6 is 0 Å². The van der Waals surface area contributed by atoms with Crippen LogP contribution in [0.25, 0.3) is 0 Å². The predicted octanol–water partition coefficient (Wildman–Crippen LogP) is 3.17. The second-order valence-electron chi connectivity index (χ2n) is 7.45. The zero-order valence-corrected chi connectivity index (χ0v) is 16.6. The third-order valence-corrected chi connectivity index (χ3v) is 5.24. The molecule has 4 rings (SSSR count). The number of H-pyrrole nitrogens is 1. The van der Waals surface area contributed by atoms with E-state index in [2.05, 4.69) is 54.8 Å². The van der Waals surface area contributed by atoms with Crippen molar-refractivity contribution in [2.75, 3.05) is 30.3 Å². The van der Waals surface area contributed by atoms with E-state index in [1.807, 2.05) is 6.07 Å². The first-order valence-corrected chi connectivity index (χ1v) is 10.2. The van der Waals surface area contributed by atoms with E-state index in [9.17, 15) is 9.18 Å². The van der Waals surface area contributed by atoms with Crippen molar-refractivity contribution in [1.82, 2.24) is 19.9 Å². The first-order chi connectivity index (χ1) is 14.6. The minimum Gasteiger partial charge on any atom is -0.351 e. The van der Waals surface area contributed by atoms with Crippen LogP contribution < -0.4 is 16.3 Å². The van der Waals surface area contributed by atoms with Crippen LogP contribution in [0.2, 0.25) is 0 Å². The van der Waals surface area contributed by atoms with Gasteiger partial charge in [0.2, 0.25) is 11.9 Å². The van der Waals surface area contributed by atoms with Crippen molar-refractivity contribution in [2.45, 2.75) is 25.3 Å². The first kappa shape index (κ1) is 20.0. The molecule has 1 fully saturated rings. The van der Waals surface area contributed by atoms with Crippen molar-refractivity contribution in [3.05, 3.63) is 76.5 Å². The highest BCUT2D eigenvalue weighted by molar-refractivity contribution is 5.53. The van der Waals surface area contributed by atoms with Crippen molar-refractivity contribution in [1.29, 1.82) is 0 Å². The van der Waals surface area contributed by atoms with Crippen LogP contribution in [0.5, 0.6) is 0 Å². The number of likely N-dealkylation sites (tertiary alicyclic amines) is 1. The van der Waals surface area contributed by atoms with Crippen LogP contribution in [0.3, 0.4) is 0 Å². The standard InChI is InChI=1S/C22H25FN6O/c23-17-6-8-18(9-7-17)24-20-26-21(28-22(30)27-20)25-19-11-14-29(15-12-19)13-10-16-4-2-1-3-5-16/h1-9,19H,10-15H2,(H3,24,25,26,27,28,30). The van der Waals surface area contributed by atoms with Gasteiger partial charge >= 0.3 is 5.69 Å². The molecule has 30 heavy (non-hydrogen) atoms. The third-order valence-electron chi connectivity index (χ3n) is 5.24. The predicted molar refractivity (Wildman–Crippen MR) is 116 cm³/mol. The lowest BCUT2D eigenvalue weighted by Gasteiger charge is -2.32. The summed E-state index contributed by atoms with van der Waals surface area (Å²) in [4.78, 5) is 25.2. The summed E-state index contributed by atoms with van der Waals surface area (Å²) in [5.41, 5.74) is 1.50. The number of rotatable bonds is 7. The highest BCUT2D eigenvalue weighted by atomic mass is 19.1. The van der Waals surface area contributed by atoms with E-state index in [1.165, 1.54) is 17.7 Å². The molecule has 1 aliphatic rings. The molecule has 1 saturated heterocycles. The number of hydrogen-bond donors (Lipinski definition) is 3. The highest BCUT2D eigenvalue weighted by Gasteiger charge is 2.20. The van der Waals surface area contributed by atoms with Crippen LogP contribution in [-0.2, 0) is 6.42 Å². The Kier molecular flexibility index (Phi) is 6.34. The molecule has 0 radical (unpaired) electrons. The molecule has 3 N–H and O–H groups in total. The van der Waals surface area contributed by atoms with E-state index in [-0.39, 0.29) is 17.8 Å². The van der Waals surface area contributed by atoms with Crippen molar-refractivity contribution in [3.63, 3.8) is 0 Å². The quantitative estimate of drug-likeness (QED) is 0.557. The van der Waals surface area contributed by atoms with E-state index in [0.29, 0.717) is 11.6 Å². The number of nitrogens with one attached hydrogen (secondary N) is 3. The lowest BCUT2D eigenvalue weighted by Crippen LogP contribution is -2.40. The molecule has 8 heteroatoms. The fraction of sp³-hybridized carbons (Fsp3) is 0.318. The molecule has 3 aromatic rings. The molecular weight excluding hydrogens is 383 g/mol. The average molecular weight is 408 g/mol. The normalized spacial score (nSPS) is 15.1. The summed E-state index contributed by atoms with van der Waals surface area (Å²) < 4.78 is 13.1. The molecule has 0 atom stereocenters. The molecule has 1 aliphatic heterocycles. The zero-order chi connectivity index (χ0) is 20.8. The summed E-state index contributed by atoms with van der Waals surface area (Å²) in [6.45, 7) is 3.03. The maximum absolute atomic E-state index is 13.1. The summed E-state index contributed by atoms with van der Waals surface area (Å²) in [5.74, 6) is 0.240. The fourth-order valence-corrected chi connectivity index (χ4v) is 3.59. The van der Waals surface area contributed by atoms with Gasteiger partial charge in [-0.1, -0.05) is 30.3 Å². The van der Waals surface area contributed by atoms with E-state index >= 15 is 0 Å². The molecule has 2 aromatic carbocycles. The molecule has 0 saturated carbocycles. The number of aromatic nitrogens is 3. The lowest BCUT2D eigenvalue weighted by atomic mass is 10.0. The van der Waals surface area contributed by atoms with E-state index in [4.69, 9.17) is 0 Å². The fourth-order valence-electron chi connectivity index (χ4n) is 3.59. The summed E-state index contributed by atoms with van der Waals surface area (Å²) in [6, 6.07) is 16.6. The molecule has 0 bridgehead atoms. The van der Waals surface area contributed by atoms with Gasteiger partial charge in [0.1, 0.15) is 5.82 Å². The Hall–Kier alpha value is -3.26. The van der Waals surface area contributed by atoms with Gasteiger partial charge in [0.15, 0.2) is 0 Å². The Morgan fingerprint density at radius 3 is 2.50 bits per heavy atom. The lowest BCUT2D eigenvalue weighted by molar-refractivity contribution is 0.221. The van der Waals surface area contributed by atoms with Crippen LogP contribution in [0.4, 0.5) is 22.0 Å². The third kappa shape index (κ3) is 5.64. The monoisotopic (exact) mass is 408 g/mol. The van der Waals surface area contributed by atoms with Gasteiger partial charge in [0, 0.05) is 31.4 Å². The van der Waals surface area contributed by atoms with Gasteiger partial charge in [-0.3, -0.25) is 4.98 Å². The van der Waals surface area contributed by atoms with E-state index in [1.54, 1.807) is 12.1 Å².